The second-order valence-corrected chi connectivity index (χ2v) is 3.68. The normalized spacial score (nSPS) is 20.5. The van der Waals surface area contributed by atoms with Crippen LogP contribution in [0.15, 0.2) is 10.6 Å². The van der Waals surface area contributed by atoms with Crippen LogP contribution < -0.4 is 5.32 Å². The predicted molar refractivity (Wildman–Crippen MR) is 52.5 cm³/mol. The average molecular weight is 210 g/mol. The number of nitrogens with zero attached hydrogens (tertiary/aromatic N) is 1. The Hall–Kier alpha value is -1.36. The summed E-state index contributed by atoms with van der Waals surface area (Å²) in [5.74, 6) is 0.0246. The van der Waals surface area contributed by atoms with Crippen LogP contribution in [0.1, 0.15) is 29.1 Å². The zero-order valence-corrected chi connectivity index (χ0v) is 8.66. The fourth-order valence-electron chi connectivity index (χ4n) is 1.57. The van der Waals surface area contributed by atoms with E-state index in [9.17, 15) is 4.79 Å². The lowest BCUT2D eigenvalue weighted by Gasteiger charge is -2.08. The van der Waals surface area contributed by atoms with Gasteiger partial charge in [-0.3, -0.25) is 4.79 Å². The fraction of sp³-hybridized carbons (Fsp3) is 0.600. The lowest BCUT2D eigenvalue weighted by Crippen LogP contribution is -2.31. The number of hydrogen-bond donors (Lipinski definition) is 1. The van der Waals surface area contributed by atoms with Gasteiger partial charge in [0.1, 0.15) is 0 Å². The molecule has 0 saturated carbocycles. The third-order valence-electron chi connectivity index (χ3n) is 2.37. The molecule has 0 aromatic carbocycles. The predicted octanol–water partition coefficient (Wildman–Crippen LogP) is 0.892. The van der Waals surface area contributed by atoms with Crippen LogP contribution in [0.5, 0.6) is 0 Å². The molecule has 0 aliphatic carbocycles. The molecule has 0 spiro atoms. The SMILES string of the molecule is Cc1cc(C(=O)NC[C@H]2CCCO2)on1. The van der Waals surface area contributed by atoms with Gasteiger partial charge in [0.05, 0.1) is 11.8 Å². The van der Waals surface area contributed by atoms with Gasteiger partial charge in [-0.05, 0) is 19.8 Å². The Kier molecular flexibility index (Phi) is 3.01. The largest absolute Gasteiger partial charge is 0.376 e. The van der Waals surface area contributed by atoms with Crippen molar-refractivity contribution in [2.45, 2.75) is 25.9 Å². The highest BCUT2D eigenvalue weighted by molar-refractivity contribution is 5.91. The van der Waals surface area contributed by atoms with E-state index in [0.29, 0.717) is 12.2 Å². The Labute approximate surface area is 87.8 Å². The maximum absolute atomic E-state index is 11.5. The van der Waals surface area contributed by atoms with Crippen molar-refractivity contribution >= 4 is 5.91 Å². The molecule has 1 aromatic rings. The number of carbonyl (C=O) groups is 1. The molecule has 1 atom stereocenters. The second-order valence-electron chi connectivity index (χ2n) is 3.68. The molecule has 2 rings (SSSR count). The van der Waals surface area contributed by atoms with Crippen LogP contribution in [-0.2, 0) is 4.74 Å². The first-order valence-corrected chi connectivity index (χ1v) is 5.09. The Morgan fingerprint density at radius 3 is 3.20 bits per heavy atom. The first-order chi connectivity index (χ1) is 7.25. The van der Waals surface area contributed by atoms with Gasteiger partial charge in [0.2, 0.25) is 5.76 Å². The van der Waals surface area contributed by atoms with Gasteiger partial charge in [-0.1, -0.05) is 5.16 Å². The highest BCUT2D eigenvalue weighted by atomic mass is 16.5. The first kappa shape index (κ1) is 10.2. The summed E-state index contributed by atoms with van der Waals surface area (Å²) in [5.41, 5.74) is 0.706. The summed E-state index contributed by atoms with van der Waals surface area (Å²) in [7, 11) is 0. The van der Waals surface area contributed by atoms with Crippen LogP contribution in [0.25, 0.3) is 0 Å². The van der Waals surface area contributed by atoms with Crippen LogP contribution in [0, 0.1) is 6.92 Å². The van der Waals surface area contributed by atoms with Crippen LogP contribution in [-0.4, -0.2) is 30.3 Å². The molecule has 5 heteroatoms. The standard InChI is InChI=1S/C10H14N2O3/c1-7-5-9(15-12-7)10(13)11-6-8-3-2-4-14-8/h5,8H,2-4,6H2,1H3,(H,11,13)/t8-/m1/s1. The summed E-state index contributed by atoms with van der Waals surface area (Å²) >= 11 is 0. The maximum atomic E-state index is 11.5. The molecule has 1 aliphatic heterocycles. The molecule has 1 N–H and O–H groups in total. The van der Waals surface area contributed by atoms with Crippen molar-refractivity contribution in [2.24, 2.45) is 0 Å². The zero-order chi connectivity index (χ0) is 10.7. The maximum Gasteiger partial charge on any atom is 0.289 e. The minimum atomic E-state index is -0.230. The number of amides is 1. The van der Waals surface area contributed by atoms with E-state index in [-0.39, 0.29) is 17.8 Å². The first-order valence-electron chi connectivity index (χ1n) is 5.09. The number of carbonyl (C=O) groups excluding carboxylic acids is 1. The molecule has 5 nitrogen and oxygen atoms in total. The van der Waals surface area contributed by atoms with Gasteiger partial charge in [-0.2, -0.15) is 0 Å². The van der Waals surface area contributed by atoms with Gasteiger partial charge in [0.25, 0.3) is 5.91 Å². The third kappa shape index (κ3) is 2.56. The van der Waals surface area contributed by atoms with Crippen LogP contribution >= 0.6 is 0 Å². The number of aromatic nitrogens is 1. The highest BCUT2D eigenvalue weighted by Gasteiger charge is 2.18. The molecule has 15 heavy (non-hydrogen) atoms. The smallest absolute Gasteiger partial charge is 0.289 e. The molecule has 82 valence electrons. The summed E-state index contributed by atoms with van der Waals surface area (Å²) in [6.45, 7) is 3.11. The van der Waals surface area contributed by atoms with E-state index in [1.807, 2.05) is 0 Å². The zero-order valence-electron chi connectivity index (χ0n) is 8.66. The van der Waals surface area contributed by atoms with Crippen molar-refractivity contribution in [3.05, 3.63) is 17.5 Å². The monoisotopic (exact) mass is 210 g/mol. The van der Waals surface area contributed by atoms with Crippen LogP contribution in [0.4, 0.5) is 0 Å². The summed E-state index contributed by atoms with van der Waals surface area (Å²) in [4.78, 5) is 11.5. The lowest BCUT2D eigenvalue weighted by molar-refractivity contribution is 0.0827. The average Bonchev–Trinajstić information content (AvgIpc) is 2.84. The molecular formula is C10H14N2O3. The van der Waals surface area contributed by atoms with E-state index >= 15 is 0 Å². The molecule has 1 fully saturated rings. The van der Waals surface area contributed by atoms with Crippen molar-refractivity contribution in [3.63, 3.8) is 0 Å². The van der Waals surface area contributed by atoms with Gasteiger partial charge < -0.3 is 14.6 Å². The Morgan fingerprint density at radius 1 is 1.73 bits per heavy atom. The highest BCUT2D eigenvalue weighted by Crippen LogP contribution is 2.11. The molecular weight excluding hydrogens is 196 g/mol. The lowest BCUT2D eigenvalue weighted by atomic mass is 10.2. The van der Waals surface area contributed by atoms with Crippen molar-refractivity contribution < 1.29 is 14.1 Å². The summed E-state index contributed by atoms with van der Waals surface area (Å²) in [6.07, 6.45) is 2.23. The number of nitrogens with one attached hydrogen (secondary N) is 1. The van der Waals surface area contributed by atoms with E-state index in [4.69, 9.17) is 9.26 Å². The van der Waals surface area contributed by atoms with Crippen molar-refractivity contribution in [2.75, 3.05) is 13.2 Å². The summed E-state index contributed by atoms with van der Waals surface area (Å²) < 4.78 is 10.2. The quantitative estimate of drug-likeness (QED) is 0.804. The van der Waals surface area contributed by atoms with Gasteiger partial charge in [0, 0.05) is 19.2 Å². The van der Waals surface area contributed by atoms with Crippen LogP contribution in [0.2, 0.25) is 0 Å². The van der Waals surface area contributed by atoms with Crippen molar-refractivity contribution in [1.29, 1.82) is 0 Å². The van der Waals surface area contributed by atoms with Gasteiger partial charge in [-0.25, -0.2) is 0 Å². The molecule has 0 unspecified atom stereocenters. The molecule has 1 aromatic heterocycles. The molecule has 0 radical (unpaired) electrons. The number of rotatable bonds is 3. The Balaban J connectivity index is 1.81. The van der Waals surface area contributed by atoms with Crippen molar-refractivity contribution in [3.8, 4) is 0 Å². The Bertz CT molecular complexity index is 342. The fourth-order valence-corrected chi connectivity index (χ4v) is 1.57. The van der Waals surface area contributed by atoms with E-state index < -0.39 is 0 Å². The molecule has 1 saturated heterocycles. The number of ether oxygens (including phenoxy) is 1. The minimum Gasteiger partial charge on any atom is -0.376 e. The molecule has 0 bridgehead atoms. The second kappa shape index (κ2) is 4.44. The van der Waals surface area contributed by atoms with E-state index in [0.717, 1.165) is 19.4 Å². The molecule has 2 heterocycles. The number of aryl methyl sites for hydroxylation is 1. The minimum absolute atomic E-state index is 0.151. The topological polar surface area (TPSA) is 64.4 Å². The van der Waals surface area contributed by atoms with Gasteiger partial charge >= 0.3 is 0 Å². The van der Waals surface area contributed by atoms with E-state index in [2.05, 4.69) is 10.5 Å². The van der Waals surface area contributed by atoms with Gasteiger partial charge in [0.15, 0.2) is 0 Å². The molecule has 1 aliphatic rings. The van der Waals surface area contributed by atoms with E-state index in [1.165, 1.54) is 0 Å². The summed E-state index contributed by atoms with van der Waals surface area (Å²) in [5, 5.41) is 6.41. The molecule has 1 amide bonds. The number of hydrogen-bond acceptors (Lipinski definition) is 4. The van der Waals surface area contributed by atoms with Gasteiger partial charge in [-0.15, -0.1) is 0 Å². The summed E-state index contributed by atoms with van der Waals surface area (Å²) in [6, 6.07) is 1.62. The van der Waals surface area contributed by atoms with Crippen LogP contribution in [0.3, 0.4) is 0 Å². The van der Waals surface area contributed by atoms with Crippen molar-refractivity contribution in [1.82, 2.24) is 10.5 Å². The third-order valence-corrected chi connectivity index (χ3v) is 2.37. The Morgan fingerprint density at radius 2 is 2.60 bits per heavy atom. The van der Waals surface area contributed by atoms with E-state index in [1.54, 1.807) is 13.0 Å².